The van der Waals surface area contributed by atoms with E-state index >= 15 is 0 Å². The van der Waals surface area contributed by atoms with Crippen molar-refractivity contribution in [2.24, 2.45) is 0 Å². The molecular formula is C25H38O17. The van der Waals surface area contributed by atoms with Crippen molar-refractivity contribution in [3.8, 4) is 0 Å². The minimum absolute atomic E-state index is 0.420. The Morgan fingerprint density at radius 3 is 1.83 bits per heavy atom. The van der Waals surface area contributed by atoms with Gasteiger partial charge in [-0.15, -0.1) is 0 Å². The molecule has 0 bridgehead atoms. The fourth-order valence-electron chi connectivity index (χ4n) is 4.40. The van der Waals surface area contributed by atoms with Crippen LogP contribution in [-0.4, -0.2) is 126 Å². The van der Waals surface area contributed by atoms with Gasteiger partial charge in [-0.05, 0) is 13.8 Å². The van der Waals surface area contributed by atoms with Crippen LogP contribution in [0.25, 0.3) is 0 Å². The van der Waals surface area contributed by atoms with E-state index in [9.17, 15) is 34.2 Å². The monoisotopic (exact) mass is 610 g/mol. The van der Waals surface area contributed by atoms with Crippen LogP contribution in [0.3, 0.4) is 0 Å². The van der Waals surface area contributed by atoms with Gasteiger partial charge in [-0.3, -0.25) is 24.0 Å². The van der Waals surface area contributed by atoms with Crippen LogP contribution in [0.4, 0.5) is 0 Å². The summed E-state index contributed by atoms with van der Waals surface area (Å²) >= 11 is 0. The number of carbonyl (C=O) groups excluding carboxylic acids is 5. The van der Waals surface area contributed by atoms with E-state index in [2.05, 4.69) is 0 Å². The topological polar surface area (TPSA) is 229 Å². The van der Waals surface area contributed by atoms with Crippen molar-refractivity contribution in [1.82, 2.24) is 0 Å². The molecule has 0 amide bonds. The molecule has 3 fully saturated rings. The second-order valence-corrected chi connectivity index (χ2v) is 9.99. The molecule has 42 heavy (non-hydrogen) atoms. The van der Waals surface area contributed by atoms with E-state index in [1.165, 1.54) is 0 Å². The van der Waals surface area contributed by atoms with Crippen molar-refractivity contribution in [3.63, 3.8) is 0 Å². The molecule has 3 N–H and O–H groups in total. The number of hydrogen-bond donors (Lipinski definition) is 3. The van der Waals surface area contributed by atoms with Gasteiger partial charge in [-0.25, -0.2) is 0 Å². The molecule has 3 heterocycles. The number of fused-ring (bicyclic) bond motifs is 1. The Morgan fingerprint density at radius 2 is 1.36 bits per heavy atom. The lowest BCUT2D eigenvalue weighted by atomic mass is 10.1. The second kappa shape index (κ2) is 15.0. The van der Waals surface area contributed by atoms with Crippen LogP contribution in [-0.2, 0) is 66.6 Å². The summed E-state index contributed by atoms with van der Waals surface area (Å²) in [6.07, 6.45) is -10.7. The fourth-order valence-corrected chi connectivity index (χ4v) is 4.40. The molecule has 0 aliphatic carbocycles. The maximum absolute atomic E-state index is 11.5. The lowest BCUT2D eigenvalue weighted by Crippen LogP contribution is -2.46. The molecule has 3 aliphatic rings. The van der Waals surface area contributed by atoms with Gasteiger partial charge in [0.2, 0.25) is 12.4 Å². The Hall–Kier alpha value is -2.93. The number of esters is 5. The van der Waals surface area contributed by atoms with Crippen LogP contribution in [0.1, 0.15) is 48.5 Å². The molecule has 0 radical (unpaired) electrons. The summed E-state index contributed by atoms with van der Waals surface area (Å²) in [6.45, 7) is 8.13. The van der Waals surface area contributed by atoms with E-state index in [0.717, 1.165) is 34.6 Å². The Morgan fingerprint density at radius 1 is 0.786 bits per heavy atom. The number of carbonyl (C=O) groups is 5. The number of hydrogen-bond acceptors (Lipinski definition) is 17. The number of aliphatic hydroxyl groups is 3. The van der Waals surface area contributed by atoms with Gasteiger partial charge >= 0.3 is 29.8 Å². The molecule has 0 aromatic rings. The normalized spacial score (nSPS) is 32.3. The lowest BCUT2D eigenvalue weighted by molar-refractivity contribution is -0.227. The highest BCUT2D eigenvalue weighted by Gasteiger charge is 2.56. The van der Waals surface area contributed by atoms with Crippen molar-refractivity contribution in [2.75, 3.05) is 13.2 Å². The Bertz CT molecular complexity index is 982. The molecule has 0 aromatic heterocycles. The number of aliphatic hydroxyl groups excluding tert-OH is 3. The van der Waals surface area contributed by atoms with Crippen molar-refractivity contribution in [3.05, 3.63) is 0 Å². The zero-order valence-electron chi connectivity index (χ0n) is 24.2. The fraction of sp³-hybridized carbons (Fsp3) is 0.800. The molecular weight excluding hydrogens is 572 g/mol. The van der Waals surface area contributed by atoms with Crippen molar-refractivity contribution >= 4 is 29.8 Å². The summed E-state index contributed by atoms with van der Waals surface area (Å²) < 4.78 is 46.7. The first-order valence-corrected chi connectivity index (χ1v) is 12.9. The number of ether oxygens (including phenoxy) is 9. The van der Waals surface area contributed by atoms with Crippen molar-refractivity contribution in [2.45, 2.75) is 116 Å². The quantitative estimate of drug-likeness (QED) is 0.193. The van der Waals surface area contributed by atoms with Gasteiger partial charge in [0.25, 0.3) is 0 Å². The van der Waals surface area contributed by atoms with E-state index in [0.29, 0.717) is 0 Å². The van der Waals surface area contributed by atoms with Crippen LogP contribution in [0.5, 0.6) is 0 Å². The van der Waals surface area contributed by atoms with Crippen LogP contribution in [0.15, 0.2) is 0 Å². The minimum Gasteiger partial charge on any atom is -0.462 e. The van der Waals surface area contributed by atoms with Crippen LogP contribution in [0, 0.1) is 0 Å². The number of rotatable bonds is 9. The molecule has 0 aromatic carbocycles. The van der Waals surface area contributed by atoms with Gasteiger partial charge in [-0.2, -0.15) is 0 Å². The van der Waals surface area contributed by atoms with Crippen molar-refractivity contribution < 1.29 is 81.9 Å². The molecule has 10 atom stereocenters. The summed E-state index contributed by atoms with van der Waals surface area (Å²) in [5.41, 5.74) is 0. The van der Waals surface area contributed by atoms with Crippen LogP contribution < -0.4 is 0 Å². The van der Waals surface area contributed by atoms with Gasteiger partial charge in [0, 0.05) is 34.6 Å². The van der Waals surface area contributed by atoms with E-state index < -0.39 is 110 Å². The molecule has 4 unspecified atom stereocenters. The first-order chi connectivity index (χ1) is 19.4. The summed E-state index contributed by atoms with van der Waals surface area (Å²) in [5.74, 6) is -4.40. The summed E-state index contributed by atoms with van der Waals surface area (Å²) in [4.78, 5) is 56.7. The third-order valence-electron chi connectivity index (χ3n) is 5.85. The highest BCUT2D eigenvalue weighted by Crippen LogP contribution is 2.38. The minimum atomic E-state index is -1.42. The zero-order valence-corrected chi connectivity index (χ0v) is 24.2. The van der Waals surface area contributed by atoms with E-state index in [4.69, 9.17) is 47.7 Å². The largest absolute Gasteiger partial charge is 0.462 e. The van der Waals surface area contributed by atoms with E-state index in [-0.39, 0.29) is 0 Å². The average Bonchev–Trinajstić information content (AvgIpc) is 3.44. The van der Waals surface area contributed by atoms with Crippen LogP contribution in [0.2, 0.25) is 0 Å². The second-order valence-electron chi connectivity index (χ2n) is 9.99. The van der Waals surface area contributed by atoms with E-state index in [1.807, 2.05) is 0 Å². The highest BCUT2D eigenvalue weighted by molar-refractivity contribution is 5.69. The van der Waals surface area contributed by atoms with Gasteiger partial charge in [-0.1, -0.05) is 0 Å². The molecule has 3 saturated heterocycles. The summed E-state index contributed by atoms with van der Waals surface area (Å²) in [7, 11) is 0. The molecule has 240 valence electrons. The SMILES string of the molecule is CC(=O)OCC(OC(C)=O)[C@H]1OC(OC(C)=O)[C@H](OC(C)=O)[C@H]1OC(C)=O.CC1(C)OC2O[C@H](C(O)CO)[C@H](O)[C@H]2O1. The summed E-state index contributed by atoms with van der Waals surface area (Å²) in [6, 6.07) is 0. The van der Waals surface area contributed by atoms with Gasteiger partial charge in [0.05, 0.1) is 6.61 Å². The predicted octanol–water partition coefficient (Wildman–Crippen LogP) is -1.79. The van der Waals surface area contributed by atoms with E-state index in [1.54, 1.807) is 13.8 Å². The zero-order chi connectivity index (χ0) is 31.9. The standard InChI is InChI=1S/C16H22O11.C9H16O6/c1-7(17)22-6-12(23-8(2)18)13-14(24-9(3)19)15(25-10(4)20)16(27-13)26-11(5)21;1-9(2)14-7-5(12)6(4(11)3-10)13-8(7)15-9/h12-16H,6H2,1-5H3;4-8,10-12H,3H2,1-2H3/t12?,13-,14+,15-,16?;4?,5-,6+,7+,8?/m10/s1. The molecule has 3 aliphatic heterocycles. The molecule has 3 rings (SSSR count). The first kappa shape index (κ1) is 35.3. The maximum atomic E-state index is 11.5. The lowest BCUT2D eigenvalue weighted by Gasteiger charge is -2.27. The Kier molecular flexibility index (Phi) is 12.6. The van der Waals surface area contributed by atoms with Crippen molar-refractivity contribution in [1.29, 1.82) is 0 Å². The average molecular weight is 611 g/mol. The third-order valence-corrected chi connectivity index (χ3v) is 5.85. The summed E-state index contributed by atoms with van der Waals surface area (Å²) in [5, 5.41) is 27.9. The molecule has 17 heteroatoms. The van der Waals surface area contributed by atoms with Gasteiger partial charge in [0.1, 0.15) is 37.1 Å². The Balaban J connectivity index is 0.000000343. The molecule has 0 saturated carbocycles. The highest BCUT2D eigenvalue weighted by atomic mass is 16.8. The Labute approximate surface area is 241 Å². The molecule has 17 nitrogen and oxygen atoms in total. The van der Waals surface area contributed by atoms with Crippen LogP contribution >= 0.6 is 0 Å². The maximum Gasteiger partial charge on any atom is 0.305 e. The first-order valence-electron chi connectivity index (χ1n) is 12.9. The smallest absolute Gasteiger partial charge is 0.305 e. The van der Waals surface area contributed by atoms with Gasteiger partial charge < -0.3 is 58.0 Å². The molecule has 0 spiro atoms. The van der Waals surface area contributed by atoms with Gasteiger partial charge in [0.15, 0.2) is 24.3 Å². The third kappa shape index (κ3) is 9.82. The predicted molar refractivity (Wildman–Crippen MR) is 132 cm³/mol.